The van der Waals surface area contributed by atoms with Gasteiger partial charge < -0.3 is 0 Å². The summed E-state index contributed by atoms with van der Waals surface area (Å²) in [5.41, 5.74) is 5.44. The van der Waals surface area contributed by atoms with Crippen molar-refractivity contribution >= 4 is 21.6 Å². The second-order valence-corrected chi connectivity index (χ2v) is 7.77. The predicted molar refractivity (Wildman–Crippen MR) is 117 cm³/mol. The maximum Gasteiger partial charge on any atom is 0.263 e. The van der Waals surface area contributed by atoms with E-state index in [9.17, 15) is 4.79 Å². The van der Waals surface area contributed by atoms with Gasteiger partial charge in [0.05, 0.1) is 11.9 Å². The van der Waals surface area contributed by atoms with Crippen LogP contribution in [0, 0.1) is 26.2 Å². The fraction of sp³-hybridized carbons (Fsp3) is 0.167. The van der Waals surface area contributed by atoms with Crippen LogP contribution in [-0.4, -0.2) is 9.55 Å². The second-order valence-electron chi connectivity index (χ2n) is 6.91. The van der Waals surface area contributed by atoms with E-state index in [-0.39, 0.29) is 12.1 Å². The number of terminal acetylenes is 1. The van der Waals surface area contributed by atoms with Gasteiger partial charge in [0, 0.05) is 17.4 Å². The summed E-state index contributed by atoms with van der Waals surface area (Å²) in [4.78, 5) is 19.0. The molecule has 0 saturated carbocycles. The molecule has 0 fully saturated rings. The van der Waals surface area contributed by atoms with Crippen molar-refractivity contribution in [1.82, 2.24) is 9.55 Å². The van der Waals surface area contributed by atoms with Crippen LogP contribution in [0.15, 0.2) is 58.7 Å². The maximum absolute atomic E-state index is 13.4. The number of aromatic nitrogens is 2. The molecule has 28 heavy (non-hydrogen) atoms. The fourth-order valence-corrected chi connectivity index (χ4v) is 4.31. The van der Waals surface area contributed by atoms with E-state index in [1.807, 2.05) is 35.7 Å². The van der Waals surface area contributed by atoms with Crippen molar-refractivity contribution in [2.75, 3.05) is 0 Å². The molecule has 2 aromatic carbocycles. The zero-order chi connectivity index (χ0) is 19.7. The molecule has 0 aliphatic heterocycles. The number of hydrogen-bond acceptors (Lipinski definition) is 3. The summed E-state index contributed by atoms with van der Waals surface area (Å²) in [5, 5.41) is 2.68. The number of aryl methyl sites for hydroxylation is 2. The van der Waals surface area contributed by atoms with E-state index in [4.69, 9.17) is 11.4 Å². The second kappa shape index (κ2) is 7.46. The van der Waals surface area contributed by atoms with Crippen LogP contribution in [0.2, 0.25) is 0 Å². The first-order valence-corrected chi connectivity index (χ1v) is 10.0. The normalized spacial score (nSPS) is 10.9. The molecule has 0 saturated heterocycles. The molecule has 4 rings (SSSR count). The van der Waals surface area contributed by atoms with Crippen molar-refractivity contribution in [2.24, 2.45) is 0 Å². The van der Waals surface area contributed by atoms with Crippen molar-refractivity contribution in [3.63, 3.8) is 0 Å². The highest BCUT2D eigenvalue weighted by atomic mass is 32.1. The van der Waals surface area contributed by atoms with Crippen LogP contribution in [0.4, 0.5) is 0 Å². The summed E-state index contributed by atoms with van der Waals surface area (Å²) >= 11 is 1.51. The lowest BCUT2D eigenvalue weighted by molar-refractivity contribution is 0.721. The zero-order valence-corrected chi connectivity index (χ0v) is 16.7. The first-order valence-electron chi connectivity index (χ1n) is 9.14. The van der Waals surface area contributed by atoms with Gasteiger partial charge >= 0.3 is 0 Å². The van der Waals surface area contributed by atoms with Crippen molar-refractivity contribution in [3.8, 4) is 23.5 Å². The molecular formula is C24H20N2OS. The third kappa shape index (κ3) is 3.26. The molecule has 0 spiro atoms. The van der Waals surface area contributed by atoms with Gasteiger partial charge in [0.15, 0.2) is 0 Å². The topological polar surface area (TPSA) is 34.9 Å². The number of thiophene rings is 1. The van der Waals surface area contributed by atoms with Gasteiger partial charge in [-0.2, -0.15) is 0 Å². The van der Waals surface area contributed by atoms with Gasteiger partial charge in [0.2, 0.25) is 0 Å². The largest absolute Gasteiger partial charge is 0.284 e. The molecule has 3 nitrogen and oxygen atoms in total. The van der Waals surface area contributed by atoms with Gasteiger partial charge in [-0.25, -0.2) is 4.98 Å². The Kier molecular flexibility index (Phi) is 4.85. The molecule has 0 bridgehead atoms. The summed E-state index contributed by atoms with van der Waals surface area (Å²) in [6.45, 7) is 4.38. The zero-order valence-electron chi connectivity index (χ0n) is 15.9. The summed E-state index contributed by atoms with van der Waals surface area (Å²) in [6.07, 6.45) is 6.14. The Morgan fingerprint density at radius 1 is 1.11 bits per heavy atom. The Morgan fingerprint density at radius 2 is 1.89 bits per heavy atom. The first kappa shape index (κ1) is 18.2. The molecule has 0 amide bonds. The highest BCUT2D eigenvalue weighted by molar-refractivity contribution is 7.17. The van der Waals surface area contributed by atoms with Crippen molar-refractivity contribution in [2.45, 2.75) is 26.8 Å². The Labute approximate surface area is 168 Å². The van der Waals surface area contributed by atoms with Crippen LogP contribution < -0.4 is 5.56 Å². The lowest BCUT2D eigenvalue weighted by Gasteiger charge is -2.11. The predicted octanol–water partition coefficient (Wildman–Crippen LogP) is 4.97. The van der Waals surface area contributed by atoms with Crippen LogP contribution in [0.1, 0.15) is 22.5 Å². The van der Waals surface area contributed by atoms with Crippen molar-refractivity contribution in [1.29, 1.82) is 0 Å². The third-order valence-corrected chi connectivity index (χ3v) is 5.92. The Balaban J connectivity index is 1.91. The number of rotatable bonds is 4. The number of benzene rings is 2. The minimum Gasteiger partial charge on any atom is -0.284 e. The van der Waals surface area contributed by atoms with E-state index < -0.39 is 0 Å². The molecule has 0 aliphatic rings. The van der Waals surface area contributed by atoms with Crippen molar-refractivity contribution in [3.05, 3.63) is 86.8 Å². The highest BCUT2D eigenvalue weighted by Crippen LogP contribution is 2.32. The monoisotopic (exact) mass is 384 g/mol. The van der Waals surface area contributed by atoms with Gasteiger partial charge in [0.1, 0.15) is 10.7 Å². The van der Waals surface area contributed by atoms with Gasteiger partial charge in [-0.15, -0.1) is 17.8 Å². The van der Waals surface area contributed by atoms with E-state index in [0.717, 1.165) is 21.5 Å². The molecular weight excluding hydrogens is 364 g/mol. The van der Waals surface area contributed by atoms with E-state index >= 15 is 0 Å². The van der Waals surface area contributed by atoms with Gasteiger partial charge in [-0.1, -0.05) is 54.5 Å². The average molecular weight is 385 g/mol. The average Bonchev–Trinajstić information content (AvgIpc) is 3.12. The van der Waals surface area contributed by atoms with Crippen LogP contribution in [-0.2, 0) is 13.0 Å². The van der Waals surface area contributed by atoms with Crippen LogP contribution in [0.3, 0.4) is 0 Å². The minimum atomic E-state index is -0.0663. The molecule has 0 N–H and O–H groups in total. The summed E-state index contributed by atoms with van der Waals surface area (Å²) in [6, 6.07) is 16.3. The van der Waals surface area contributed by atoms with Gasteiger partial charge in [-0.05, 0) is 36.1 Å². The quantitative estimate of drug-likeness (QED) is 0.466. The van der Waals surface area contributed by atoms with Crippen molar-refractivity contribution < 1.29 is 0 Å². The van der Waals surface area contributed by atoms with Gasteiger partial charge in [0.25, 0.3) is 5.56 Å². The molecule has 0 atom stereocenters. The van der Waals surface area contributed by atoms with E-state index in [1.165, 1.54) is 22.5 Å². The van der Waals surface area contributed by atoms with E-state index in [2.05, 4.69) is 38.0 Å². The standard InChI is InChI=1S/C24H20N2OS/c1-4-12-26-21(14-18-8-6-5-7-9-18)25-23-22(24(26)27)20(15-28-23)19-11-10-16(2)17(3)13-19/h1,5-11,13,15H,12,14H2,2-3H3. The minimum absolute atomic E-state index is 0.0663. The maximum atomic E-state index is 13.4. The Morgan fingerprint density at radius 3 is 2.61 bits per heavy atom. The molecule has 2 aromatic heterocycles. The lowest BCUT2D eigenvalue weighted by atomic mass is 10.0. The lowest BCUT2D eigenvalue weighted by Crippen LogP contribution is -2.25. The van der Waals surface area contributed by atoms with Crippen LogP contribution in [0.25, 0.3) is 21.3 Å². The Hall–Kier alpha value is -3.16. The summed E-state index contributed by atoms with van der Waals surface area (Å²) in [5.74, 6) is 3.31. The molecule has 0 unspecified atom stereocenters. The molecule has 0 radical (unpaired) electrons. The van der Waals surface area contributed by atoms with Crippen LogP contribution >= 0.6 is 11.3 Å². The summed E-state index contributed by atoms with van der Waals surface area (Å²) in [7, 11) is 0. The van der Waals surface area contributed by atoms with E-state index in [1.54, 1.807) is 4.57 Å². The van der Waals surface area contributed by atoms with Gasteiger partial charge in [-0.3, -0.25) is 9.36 Å². The Bertz CT molecular complexity index is 1260. The molecule has 2 heterocycles. The summed E-state index contributed by atoms with van der Waals surface area (Å²) < 4.78 is 1.63. The first-order chi connectivity index (χ1) is 13.6. The van der Waals surface area contributed by atoms with Crippen LogP contribution in [0.5, 0.6) is 0 Å². The molecule has 138 valence electrons. The molecule has 0 aliphatic carbocycles. The molecule has 4 aromatic rings. The fourth-order valence-electron chi connectivity index (χ4n) is 3.36. The highest BCUT2D eigenvalue weighted by Gasteiger charge is 2.17. The number of nitrogens with zero attached hydrogens (tertiary/aromatic N) is 2. The van der Waals surface area contributed by atoms with E-state index in [0.29, 0.717) is 17.6 Å². The SMILES string of the molecule is C#CCn1c(Cc2ccccc2)nc2scc(-c3ccc(C)c(C)c3)c2c1=O. The number of fused-ring (bicyclic) bond motifs is 1. The smallest absolute Gasteiger partial charge is 0.263 e. The molecule has 4 heteroatoms. The third-order valence-electron chi connectivity index (χ3n) is 5.05. The number of hydrogen-bond donors (Lipinski definition) is 0.